The molecule has 5 unspecified atom stereocenters. The lowest BCUT2D eigenvalue weighted by atomic mass is 9.85. The number of nitrogens with one attached hydrogen (secondary N) is 1. The van der Waals surface area contributed by atoms with Crippen LogP contribution in [0.25, 0.3) is 0 Å². The monoisotopic (exact) mass is 299 g/mol. The molecule has 1 aliphatic heterocycles. The molecular formula is C17H33NO3. The minimum atomic E-state index is -0.401. The number of ether oxygens (including phenoxy) is 2. The van der Waals surface area contributed by atoms with Crippen LogP contribution in [-0.2, 0) is 9.47 Å². The standard InChI is InChI=1S/C17H33NO3/c1-3-14-6-4-5-7-17(14)21-12-16(19)11-18-10-15-8-9-20-13(15)2/h13-19H,3-12H2,1-2H3. The summed E-state index contributed by atoms with van der Waals surface area (Å²) >= 11 is 0. The van der Waals surface area contributed by atoms with Gasteiger partial charge in [0.05, 0.1) is 24.9 Å². The molecule has 21 heavy (non-hydrogen) atoms. The van der Waals surface area contributed by atoms with Crippen molar-refractivity contribution >= 4 is 0 Å². The molecule has 0 amide bonds. The van der Waals surface area contributed by atoms with Gasteiger partial charge in [0.15, 0.2) is 0 Å². The molecular weight excluding hydrogens is 266 g/mol. The van der Waals surface area contributed by atoms with Gasteiger partial charge in [-0.2, -0.15) is 0 Å². The van der Waals surface area contributed by atoms with Crippen molar-refractivity contribution in [2.75, 3.05) is 26.3 Å². The highest BCUT2D eigenvalue weighted by molar-refractivity contribution is 4.77. The van der Waals surface area contributed by atoms with Gasteiger partial charge in [0.2, 0.25) is 0 Å². The summed E-state index contributed by atoms with van der Waals surface area (Å²) in [5.74, 6) is 1.27. The molecule has 1 aliphatic carbocycles. The smallest absolute Gasteiger partial charge is 0.0897 e. The van der Waals surface area contributed by atoms with Crippen molar-refractivity contribution < 1.29 is 14.6 Å². The first-order chi connectivity index (χ1) is 10.2. The highest BCUT2D eigenvalue weighted by atomic mass is 16.5. The fourth-order valence-electron chi connectivity index (χ4n) is 3.63. The maximum Gasteiger partial charge on any atom is 0.0897 e. The summed E-state index contributed by atoms with van der Waals surface area (Å²) in [6.07, 6.45) is 7.69. The third kappa shape index (κ3) is 5.51. The number of rotatable bonds is 8. The first kappa shape index (κ1) is 17.2. The van der Waals surface area contributed by atoms with E-state index in [0.717, 1.165) is 26.0 Å². The zero-order valence-corrected chi connectivity index (χ0v) is 13.7. The van der Waals surface area contributed by atoms with Crippen LogP contribution in [0.5, 0.6) is 0 Å². The predicted octanol–water partition coefficient (Wildman–Crippen LogP) is 2.35. The van der Waals surface area contributed by atoms with Crippen LogP contribution in [-0.4, -0.2) is 49.7 Å². The van der Waals surface area contributed by atoms with Gasteiger partial charge < -0.3 is 19.9 Å². The van der Waals surface area contributed by atoms with Gasteiger partial charge in [0.25, 0.3) is 0 Å². The van der Waals surface area contributed by atoms with Gasteiger partial charge in [-0.25, -0.2) is 0 Å². The molecule has 1 saturated heterocycles. The van der Waals surface area contributed by atoms with E-state index in [4.69, 9.17) is 9.47 Å². The maximum absolute atomic E-state index is 10.1. The van der Waals surface area contributed by atoms with Crippen molar-refractivity contribution in [2.45, 2.75) is 70.7 Å². The van der Waals surface area contributed by atoms with Gasteiger partial charge in [0.1, 0.15) is 0 Å². The molecule has 2 N–H and O–H groups in total. The van der Waals surface area contributed by atoms with E-state index in [2.05, 4.69) is 19.2 Å². The minimum Gasteiger partial charge on any atom is -0.389 e. The van der Waals surface area contributed by atoms with Crippen molar-refractivity contribution in [2.24, 2.45) is 11.8 Å². The minimum absolute atomic E-state index is 0.346. The average Bonchev–Trinajstić information content (AvgIpc) is 2.91. The lowest BCUT2D eigenvalue weighted by Gasteiger charge is -2.31. The summed E-state index contributed by atoms with van der Waals surface area (Å²) in [4.78, 5) is 0. The average molecular weight is 299 g/mol. The molecule has 2 fully saturated rings. The highest BCUT2D eigenvalue weighted by Crippen LogP contribution is 2.29. The summed E-state index contributed by atoms with van der Waals surface area (Å²) in [7, 11) is 0. The fraction of sp³-hybridized carbons (Fsp3) is 1.00. The SMILES string of the molecule is CCC1CCCCC1OCC(O)CNCC1CCOC1C. The molecule has 0 aromatic heterocycles. The zero-order chi connectivity index (χ0) is 15.1. The Balaban J connectivity index is 1.57. The van der Waals surface area contributed by atoms with Crippen LogP contribution >= 0.6 is 0 Å². The molecule has 5 atom stereocenters. The van der Waals surface area contributed by atoms with E-state index in [9.17, 15) is 5.11 Å². The first-order valence-electron chi connectivity index (χ1n) is 8.82. The van der Waals surface area contributed by atoms with E-state index in [1.165, 1.54) is 25.7 Å². The fourth-order valence-corrected chi connectivity index (χ4v) is 3.63. The van der Waals surface area contributed by atoms with Crippen LogP contribution in [0.2, 0.25) is 0 Å². The summed E-state index contributed by atoms with van der Waals surface area (Å²) in [6, 6.07) is 0. The Morgan fingerprint density at radius 2 is 2.05 bits per heavy atom. The molecule has 4 nitrogen and oxygen atoms in total. The van der Waals surface area contributed by atoms with E-state index in [-0.39, 0.29) is 0 Å². The Morgan fingerprint density at radius 3 is 2.76 bits per heavy atom. The number of hydrogen-bond donors (Lipinski definition) is 2. The Morgan fingerprint density at radius 1 is 1.24 bits per heavy atom. The van der Waals surface area contributed by atoms with Crippen LogP contribution in [0.3, 0.4) is 0 Å². The van der Waals surface area contributed by atoms with Crippen LogP contribution < -0.4 is 5.32 Å². The first-order valence-corrected chi connectivity index (χ1v) is 8.82. The maximum atomic E-state index is 10.1. The molecule has 0 radical (unpaired) electrons. The molecule has 4 heteroatoms. The van der Waals surface area contributed by atoms with Gasteiger partial charge in [-0.15, -0.1) is 0 Å². The molecule has 0 spiro atoms. The van der Waals surface area contributed by atoms with Crippen LogP contribution in [0, 0.1) is 11.8 Å². The number of aliphatic hydroxyl groups excluding tert-OH is 1. The lowest BCUT2D eigenvalue weighted by molar-refractivity contribution is -0.0500. The van der Waals surface area contributed by atoms with E-state index in [1.54, 1.807) is 0 Å². The van der Waals surface area contributed by atoms with Crippen LogP contribution in [0.1, 0.15) is 52.4 Å². The Bertz CT molecular complexity index is 287. The normalized spacial score (nSPS) is 35.0. The van der Waals surface area contributed by atoms with Gasteiger partial charge in [-0.3, -0.25) is 0 Å². The molecule has 0 aromatic rings. The Hall–Kier alpha value is -0.160. The third-order valence-corrected chi connectivity index (χ3v) is 5.19. The van der Waals surface area contributed by atoms with E-state index >= 15 is 0 Å². The van der Waals surface area contributed by atoms with Gasteiger partial charge >= 0.3 is 0 Å². The van der Waals surface area contributed by atoms with E-state index in [1.807, 2.05) is 0 Å². The van der Waals surface area contributed by atoms with Gasteiger partial charge in [0, 0.05) is 19.7 Å². The highest BCUT2D eigenvalue weighted by Gasteiger charge is 2.26. The lowest BCUT2D eigenvalue weighted by Crippen LogP contribution is -2.37. The second-order valence-electron chi connectivity index (χ2n) is 6.76. The van der Waals surface area contributed by atoms with Crippen molar-refractivity contribution in [3.8, 4) is 0 Å². The summed E-state index contributed by atoms with van der Waals surface area (Å²) in [5.41, 5.74) is 0. The number of hydrogen-bond acceptors (Lipinski definition) is 4. The molecule has 2 rings (SSSR count). The Kier molecular flexibility index (Phi) is 7.44. The molecule has 1 heterocycles. The quantitative estimate of drug-likeness (QED) is 0.722. The molecule has 124 valence electrons. The number of aliphatic hydroxyl groups is 1. The van der Waals surface area contributed by atoms with Crippen molar-refractivity contribution in [3.05, 3.63) is 0 Å². The van der Waals surface area contributed by atoms with Crippen LogP contribution in [0.4, 0.5) is 0 Å². The zero-order valence-electron chi connectivity index (χ0n) is 13.7. The van der Waals surface area contributed by atoms with E-state index in [0.29, 0.717) is 37.2 Å². The largest absolute Gasteiger partial charge is 0.389 e. The van der Waals surface area contributed by atoms with E-state index < -0.39 is 6.10 Å². The summed E-state index contributed by atoms with van der Waals surface area (Å²) < 4.78 is 11.5. The third-order valence-electron chi connectivity index (χ3n) is 5.19. The molecule has 0 bridgehead atoms. The van der Waals surface area contributed by atoms with Crippen molar-refractivity contribution in [3.63, 3.8) is 0 Å². The van der Waals surface area contributed by atoms with Gasteiger partial charge in [-0.1, -0.05) is 26.2 Å². The van der Waals surface area contributed by atoms with Crippen LogP contribution in [0.15, 0.2) is 0 Å². The molecule has 0 aromatic carbocycles. The summed E-state index contributed by atoms with van der Waals surface area (Å²) in [5, 5.41) is 13.4. The summed E-state index contributed by atoms with van der Waals surface area (Å²) in [6.45, 7) is 7.26. The molecule has 1 saturated carbocycles. The van der Waals surface area contributed by atoms with Crippen molar-refractivity contribution in [1.82, 2.24) is 5.32 Å². The predicted molar refractivity (Wildman–Crippen MR) is 84.4 cm³/mol. The second-order valence-corrected chi connectivity index (χ2v) is 6.76. The topological polar surface area (TPSA) is 50.7 Å². The van der Waals surface area contributed by atoms with Crippen molar-refractivity contribution in [1.29, 1.82) is 0 Å². The Labute approximate surface area is 129 Å². The molecule has 2 aliphatic rings. The van der Waals surface area contributed by atoms with Gasteiger partial charge in [-0.05, 0) is 38.0 Å². The second kappa shape index (κ2) is 9.09.